The van der Waals surface area contributed by atoms with Crippen LogP contribution >= 0.6 is 0 Å². The Bertz CT molecular complexity index is 1230. The Morgan fingerprint density at radius 2 is 1.47 bits per heavy atom. The summed E-state index contributed by atoms with van der Waals surface area (Å²) in [7, 11) is 1.71. The minimum absolute atomic E-state index is 0.310. The van der Waals surface area contributed by atoms with Crippen LogP contribution in [0.4, 0.5) is 13.2 Å². The molecule has 0 aliphatic carbocycles. The highest BCUT2D eigenvalue weighted by molar-refractivity contribution is 5.65. The molecule has 0 amide bonds. The van der Waals surface area contributed by atoms with Crippen molar-refractivity contribution in [3.05, 3.63) is 90.0 Å². The van der Waals surface area contributed by atoms with Crippen LogP contribution in [0.2, 0.25) is 0 Å². The fourth-order valence-electron chi connectivity index (χ4n) is 3.37. The van der Waals surface area contributed by atoms with Crippen molar-refractivity contribution in [3.8, 4) is 28.6 Å². The van der Waals surface area contributed by atoms with Gasteiger partial charge in [-0.3, -0.25) is 0 Å². The van der Waals surface area contributed by atoms with Gasteiger partial charge in [0.15, 0.2) is 34.6 Å². The quantitative estimate of drug-likeness (QED) is 0.369. The smallest absolute Gasteiger partial charge is 0.192 e. The first-order chi connectivity index (χ1) is 15.3. The average molecular weight is 439 g/mol. The molecule has 0 radical (unpaired) electrons. The van der Waals surface area contributed by atoms with Crippen LogP contribution in [0.15, 0.2) is 66.7 Å². The van der Waals surface area contributed by atoms with Gasteiger partial charge in [-0.05, 0) is 38.1 Å². The molecule has 0 saturated carbocycles. The second-order valence-electron chi connectivity index (χ2n) is 7.63. The van der Waals surface area contributed by atoms with Crippen LogP contribution in [-0.2, 0) is 12.6 Å². The molecule has 0 bridgehead atoms. The van der Waals surface area contributed by atoms with Gasteiger partial charge in [-0.1, -0.05) is 30.3 Å². The molecular weight excluding hydrogens is 419 g/mol. The first kappa shape index (κ1) is 21.4. The molecule has 32 heavy (non-hydrogen) atoms. The van der Waals surface area contributed by atoms with Crippen molar-refractivity contribution in [1.82, 2.24) is 14.8 Å². The highest BCUT2D eigenvalue weighted by Crippen LogP contribution is 2.35. The molecule has 0 N–H and O–H groups in total. The van der Waals surface area contributed by atoms with Crippen molar-refractivity contribution >= 4 is 0 Å². The van der Waals surface area contributed by atoms with Gasteiger partial charge in [0.1, 0.15) is 17.3 Å². The zero-order valence-electron chi connectivity index (χ0n) is 17.6. The summed E-state index contributed by atoms with van der Waals surface area (Å²) < 4.78 is 54.7. The van der Waals surface area contributed by atoms with Crippen molar-refractivity contribution < 1.29 is 22.6 Å². The molecule has 0 aliphatic rings. The van der Waals surface area contributed by atoms with E-state index < -0.39 is 28.8 Å². The van der Waals surface area contributed by atoms with E-state index in [-0.39, 0.29) is 0 Å². The molecular formula is C24H20F3N3O2. The summed E-state index contributed by atoms with van der Waals surface area (Å²) in [6.07, 6.45) is 0. The summed E-state index contributed by atoms with van der Waals surface area (Å²) in [4.78, 5) is 0. The molecule has 1 aromatic heterocycles. The maximum absolute atomic E-state index is 14.1. The number of hydrogen-bond acceptors (Lipinski definition) is 4. The van der Waals surface area contributed by atoms with Gasteiger partial charge >= 0.3 is 0 Å². The largest absolute Gasteiger partial charge is 0.474 e. The van der Waals surface area contributed by atoms with Crippen molar-refractivity contribution in [1.29, 1.82) is 0 Å². The minimum Gasteiger partial charge on any atom is -0.474 e. The lowest BCUT2D eigenvalue weighted by atomic mass is 10.1. The third-order valence-electron chi connectivity index (χ3n) is 4.83. The predicted molar refractivity (Wildman–Crippen MR) is 113 cm³/mol. The Labute approximate surface area is 183 Å². The number of aromatic nitrogens is 3. The number of benzene rings is 3. The van der Waals surface area contributed by atoms with Crippen molar-refractivity contribution in [3.63, 3.8) is 0 Å². The number of rotatable bonds is 6. The highest BCUT2D eigenvalue weighted by Gasteiger charge is 2.32. The summed E-state index contributed by atoms with van der Waals surface area (Å²) in [5.74, 6) is -1.98. The summed E-state index contributed by atoms with van der Waals surface area (Å²) in [6, 6.07) is 17.7. The van der Waals surface area contributed by atoms with Crippen LogP contribution in [0.1, 0.15) is 19.7 Å². The molecule has 4 aromatic rings. The van der Waals surface area contributed by atoms with E-state index in [0.717, 1.165) is 0 Å². The van der Waals surface area contributed by atoms with Gasteiger partial charge in [0, 0.05) is 19.2 Å². The van der Waals surface area contributed by atoms with E-state index in [1.54, 1.807) is 25.5 Å². The van der Waals surface area contributed by atoms with Gasteiger partial charge in [0.2, 0.25) is 0 Å². The number of nitrogens with zero attached hydrogens (tertiary/aromatic N) is 3. The van der Waals surface area contributed by atoms with Crippen molar-refractivity contribution in [2.45, 2.75) is 19.4 Å². The molecule has 5 nitrogen and oxygen atoms in total. The normalized spacial score (nSPS) is 11.4. The van der Waals surface area contributed by atoms with E-state index in [0.29, 0.717) is 40.8 Å². The summed E-state index contributed by atoms with van der Waals surface area (Å²) in [5.41, 5.74) is -0.609. The Balaban J connectivity index is 1.69. The van der Waals surface area contributed by atoms with Gasteiger partial charge < -0.3 is 14.0 Å². The molecule has 0 spiro atoms. The van der Waals surface area contributed by atoms with Gasteiger partial charge in [-0.15, -0.1) is 10.2 Å². The van der Waals surface area contributed by atoms with Crippen LogP contribution in [0.5, 0.6) is 17.2 Å². The Kier molecular flexibility index (Phi) is 5.61. The van der Waals surface area contributed by atoms with Crippen LogP contribution in [0, 0.1) is 17.5 Å². The Morgan fingerprint density at radius 3 is 2.16 bits per heavy atom. The summed E-state index contributed by atoms with van der Waals surface area (Å²) >= 11 is 0. The van der Waals surface area contributed by atoms with Crippen LogP contribution in [-0.4, -0.2) is 14.8 Å². The SMILES string of the molecule is Cn1c(-c2ccccc2Oc2ccccc2)nnc1C(C)(C)Oc1c(F)cc(F)cc1F. The number of hydrogen-bond donors (Lipinski definition) is 0. The number of ether oxygens (including phenoxy) is 2. The predicted octanol–water partition coefficient (Wildman–Crippen LogP) is 6.01. The lowest BCUT2D eigenvalue weighted by molar-refractivity contribution is 0.0833. The molecule has 0 unspecified atom stereocenters. The molecule has 0 fully saturated rings. The molecule has 3 aromatic carbocycles. The third kappa shape index (κ3) is 4.16. The van der Waals surface area contributed by atoms with E-state index >= 15 is 0 Å². The maximum atomic E-state index is 14.1. The molecule has 1 heterocycles. The third-order valence-corrected chi connectivity index (χ3v) is 4.83. The molecule has 0 aliphatic heterocycles. The second kappa shape index (κ2) is 8.37. The first-order valence-electron chi connectivity index (χ1n) is 9.82. The van der Waals surface area contributed by atoms with Gasteiger partial charge in [0.05, 0.1) is 5.56 Å². The van der Waals surface area contributed by atoms with Crippen LogP contribution < -0.4 is 9.47 Å². The van der Waals surface area contributed by atoms with E-state index in [9.17, 15) is 13.2 Å². The van der Waals surface area contributed by atoms with E-state index in [4.69, 9.17) is 9.47 Å². The molecule has 4 rings (SSSR count). The van der Waals surface area contributed by atoms with Gasteiger partial charge in [-0.25, -0.2) is 13.2 Å². The first-order valence-corrected chi connectivity index (χ1v) is 9.82. The topological polar surface area (TPSA) is 49.2 Å². The summed E-state index contributed by atoms with van der Waals surface area (Å²) in [6.45, 7) is 3.19. The van der Waals surface area contributed by atoms with Crippen molar-refractivity contribution in [2.24, 2.45) is 7.05 Å². The second-order valence-corrected chi connectivity index (χ2v) is 7.63. The lowest BCUT2D eigenvalue weighted by Crippen LogP contribution is -2.30. The molecule has 164 valence electrons. The van der Waals surface area contributed by atoms with Crippen molar-refractivity contribution in [2.75, 3.05) is 0 Å². The monoisotopic (exact) mass is 439 g/mol. The molecule has 8 heteroatoms. The number of halogens is 3. The van der Waals surface area contributed by atoms with E-state index in [2.05, 4.69) is 10.2 Å². The highest BCUT2D eigenvalue weighted by atomic mass is 19.1. The zero-order valence-corrected chi connectivity index (χ0v) is 17.6. The fourth-order valence-corrected chi connectivity index (χ4v) is 3.37. The summed E-state index contributed by atoms with van der Waals surface area (Å²) in [5, 5.41) is 8.46. The fraction of sp³-hybridized carbons (Fsp3) is 0.167. The van der Waals surface area contributed by atoms with E-state index in [1.165, 1.54) is 0 Å². The standard InChI is InChI=1S/C24H20F3N3O2/c1-24(2,32-21-18(26)13-15(25)14-19(21)27)23-29-28-22(30(23)3)17-11-7-8-12-20(17)31-16-9-5-4-6-10-16/h4-14H,1-3H3. The zero-order chi connectivity index (χ0) is 22.9. The van der Waals surface area contributed by atoms with Gasteiger partial charge in [0.25, 0.3) is 0 Å². The lowest BCUT2D eigenvalue weighted by Gasteiger charge is -2.26. The van der Waals surface area contributed by atoms with E-state index in [1.807, 2.05) is 54.6 Å². The molecule has 0 atom stereocenters. The molecule has 0 saturated heterocycles. The van der Waals surface area contributed by atoms with Crippen LogP contribution in [0.25, 0.3) is 11.4 Å². The van der Waals surface area contributed by atoms with Gasteiger partial charge in [-0.2, -0.15) is 0 Å². The van der Waals surface area contributed by atoms with Crippen LogP contribution in [0.3, 0.4) is 0 Å². The Hall–Kier alpha value is -3.81. The average Bonchev–Trinajstić information content (AvgIpc) is 3.14. The number of para-hydroxylation sites is 2. The Morgan fingerprint density at radius 1 is 0.844 bits per heavy atom. The maximum Gasteiger partial charge on any atom is 0.192 e. The minimum atomic E-state index is -1.28.